The predicted molar refractivity (Wildman–Crippen MR) is 63.9 cm³/mol. The quantitative estimate of drug-likeness (QED) is 0.402. The molecule has 5 heteroatoms. The van der Waals surface area contributed by atoms with Gasteiger partial charge in [0.25, 0.3) is 0 Å². The van der Waals surface area contributed by atoms with Crippen molar-refractivity contribution in [3.8, 4) is 0 Å². The molecule has 0 spiro atoms. The molecule has 2 aliphatic carbocycles. The molecule has 1 saturated carbocycles. The van der Waals surface area contributed by atoms with Gasteiger partial charge < -0.3 is 9.47 Å². The predicted octanol–water partition coefficient (Wildman–Crippen LogP) is 1.02. The highest BCUT2D eigenvalue weighted by atomic mass is 16.6. The Morgan fingerprint density at radius 2 is 1.95 bits per heavy atom. The lowest BCUT2D eigenvalue weighted by Gasteiger charge is -2.30. The second-order valence-electron chi connectivity index (χ2n) is 5.42. The number of allylic oxidation sites excluding steroid dienone is 2. The molecule has 19 heavy (non-hydrogen) atoms. The summed E-state index contributed by atoms with van der Waals surface area (Å²) in [5.74, 6) is -1.66. The van der Waals surface area contributed by atoms with Gasteiger partial charge in [0.15, 0.2) is 5.78 Å². The summed E-state index contributed by atoms with van der Waals surface area (Å²) in [6, 6.07) is 0. The van der Waals surface area contributed by atoms with Crippen LogP contribution in [-0.2, 0) is 23.9 Å². The summed E-state index contributed by atoms with van der Waals surface area (Å²) in [7, 11) is 1.51. The van der Waals surface area contributed by atoms with Crippen LogP contribution in [0.1, 0.15) is 25.7 Å². The number of ether oxygens (including phenoxy) is 2. The molecule has 0 N–H and O–H groups in total. The van der Waals surface area contributed by atoms with Crippen LogP contribution in [0.4, 0.5) is 0 Å². The van der Waals surface area contributed by atoms with Crippen LogP contribution in [-0.4, -0.2) is 30.9 Å². The van der Waals surface area contributed by atoms with Gasteiger partial charge in [-0.05, 0) is 25.2 Å². The number of hydrogen-bond acceptors (Lipinski definition) is 5. The number of carbonyl (C=O) groups is 3. The number of cyclic esters (lactones) is 2. The Balaban J connectivity index is 1.94. The summed E-state index contributed by atoms with van der Waals surface area (Å²) in [6.45, 7) is 0. The van der Waals surface area contributed by atoms with Crippen molar-refractivity contribution in [1.82, 2.24) is 0 Å². The molecule has 3 rings (SSSR count). The molecule has 0 bridgehead atoms. The molecule has 5 nitrogen and oxygen atoms in total. The Kier molecular flexibility index (Phi) is 3.01. The van der Waals surface area contributed by atoms with E-state index in [0.717, 1.165) is 5.57 Å². The van der Waals surface area contributed by atoms with E-state index in [1.54, 1.807) is 0 Å². The second kappa shape index (κ2) is 4.56. The Bertz CT molecular complexity index is 478. The molecule has 0 amide bonds. The standard InChI is InChI=1S/C14H16O5/c1-18-11-6-9-7(3-5-10(11)15)2-4-8-12(9)14(17)19-13(8)16/h2,8-9,11-12H,3-6H2,1H3/t8-,9+,11+,12-/m0/s1. The van der Waals surface area contributed by atoms with Gasteiger partial charge in [-0.15, -0.1) is 0 Å². The van der Waals surface area contributed by atoms with Crippen LogP contribution >= 0.6 is 0 Å². The third-order valence-corrected chi connectivity index (χ3v) is 4.53. The molecule has 102 valence electrons. The third kappa shape index (κ3) is 1.92. The first-order chi connectivity index (χ1) is 9.11. The van der Waals surface area contributed by atoms with Crippen LogP contribution in [0.15, 0.2) is 11.6 Å². The van der Waals surface area contributed by atoms with E-state index in [1.807, 2.05) is 6.08 Å². The highest BCUT2D eigenvalue weighted by Crippen LogP contribution is 2.45. The van der Waals surface area contributed by atoms with Crippen LogP contribution in [0.5, 0.6) is 0 Å². The maximum absolute atomic E-state index is 11.9. The molecule has 3 aliphatic rings. The summed E-state index contributed by atoms with van der Waals surface area (Å²) in [5.41, 5.74) is 1.11. The fourth-order valence-corrected chi connectivity index (χ4v) is 3.51. The molecular formula is C14H16O5. The van der Waals surface area contributed by atoms with E-state index in [4.69, 9.17) is 9.47 Å². The minimum Gasteiger partial charge on any atom is -0.393 e. The number of carbonyl (C=O) groups excluding carboxylic acids is 3. The number of ketones is 1. The van der Waals surface area contributed by atoms with Gasteiger partial charge in [-0.2, -0.15) is 0 Å². The highest BCUT2D eigenvalue weighted by molar-refractivity contribution is 5.97. The number of rotatable bonds is 1. The Labute approximate surface area is 110 Å². The van der Waals surface area contributed by atoms with Crippen LogP contribution < -0.4 is 0 Å². The average Bonchev–Trinajstić information content (AvgIpc) is 2.58. The summed E-state index contributed by atoms with van der Waals surface area (Å²) in [4.78, 5) is 35.4. The Morgan fingerprint density at radius 1 is 1.16 bits per heavy atom. The van der Waals surface area contributed by atoms with Crippen LogP contribution in [0.3, 0.4) is 0 Å². The van der Waals surface area contributed by atoms with E-state index < -0.39 is 24.0 Å². The van der Waals surface area contributed by atoms with Gasteiger partial charge in [0.05, 0.1) is 11.8 Å². The van der Waals surface area contributed by atoms with Crippen molar-refractivity contribution in [3.05, 3.63) is 11.6 Å². The van der Waals surface area contributed by atoms with Crippen LogP contribution in [0.25, 0.3) is 0 Å². The van der Waals surface area contributed by atoms with Gasteiger partial charge in [0.1, 0.15) is 6.10 Å². The van der Waals surface area contributed by atoms with Gasteiger partial charge in [-0.1, -0.05) is 11.6 Å². The van der Waals surface area contributed by atoms with Crippen molar-refractivity contribution in [2.45, 2.75) is 31.8 Å². The van der Waals surface area contributed by atoms with Crippen molar-refractivity contribution in [3.63, 3.8) is 0 Å². The summed E-state index contributed by atoms with van der Waals surface area (Å²) < 4.78 is 9.99. The first-order valence-electron chi connectivity index (χ1n) is 6.61. The van der Waals surface area contributed by atoms with Crippen LogP contribution in [0.2, 0.25) is 0 Å². The molecule has 2 fully saturated rings. The first-order valence-corrected chi connectivity index (χ1v) is 6.61. The van der Waals surface area contributed by atoms with Crippen LogP contribution in [0, 0.1) is 17.8 Å². The molecule has 0 aromatic rings. The largest absolute Gasteiger partial charge is 0.393 e. The minimum absolute atomic E-state index is 0.0760. The van der Waals surface area contributed by atoms with E-state index in [1.165, 1.54) is 7.11 Å². The third-order valence-electron chi connectivity index (χ3n) is 4.53. The number of methoxy groups -OCH3 is 1. The van der Waals surface area contributed by atoms with Crippen molar-refractivity contribution >= 4 is 17.7 Å². The number of esters is 2. The van der Waals surface area contributed by atoms with Gasteiger partial charge in [0, 0.05) is 13.5 Å². The van der Waals surface area contributed by atoms with Crippen molar-refractivity contribution in [2.75, 3.05) is 7.11 Å². The monoisotopic (exact) mass is 264 g/mol. The first kappa shape index (κ1) is 12.5. The zero-order valence-corrected chi connectivity index (χ0v) is 10.8. The molecule has 0 unspecified atom stereocenters. The van der Waals surface area contributed by atoms with E-state index in [2.05, 4.69) is 0 Å². The maximum Gasteiger partial charge on any atom is 0.318 e. The maximum atomic E-state index is 11.9. The van der Waals surface area contributed by atoms with E-state index in [9.17, 15) is 14.4 Å². The molecule has 4 atom stereocenters. The summed E-state index contributed by atoms with van der Waals surface area (Å²) >= 11 is 0. The lowest BCUT2D eigenvalue weighted by Crippen LogP contribution is -2.33. The Morgan fingerprint density at radius 3 is 2.68 bits per heavy atom. The van der Waals surface area contributed by atoms with E-state index in [0.29, 0.717) is 25.7 Å². The molecule has 0 aromatic carbocycles. The highest BCUT2D eigenvalue weighted by Gasteiger charge is 2.51. The zero-order chi connectivity index (χ0) is 13.6. The summed E-state index contributed by atoms with van der Waals surface area (Å²) in [5, 5.41) is 0. The van der Waals surface area contributed by atoms with E-state index >= 15 is 0 Å². The summed E-state index contributed by atoms with van der Waals surface area (Å²) in [6.07, 6.45) is 3.67. The number of fused-ring (bicyclic) bond motifs is 3. The molecule has 0 radical (unpaired) electrons. The molecule has 1 aliphatic heterocycles. The van der Waals surface area contributed by atoms with Crippen molar-refractivity contribution < 1.29 is 23.9 Å². The Hall–Kier alpha value is -1.49. The van der Waals surface area contributed by atoms with Gasteiger partial charge in [-0.25, -0.2) is 0 Å². The lowest BCUT2D eigenvalue weighted by atomic mass is 9.71. The molecule has 0 aromatic heterocycles. The van der Waals surface area contributed by atoms with Gasteiger partial charge >= 0.3 is 11.9 Å². The molecule has 1 saturated heterocycles. The van der Waals surface area contributed by atoms with E-state index in [-0.39, 0.29) is 17.6 Å². The topological polar surface area (TPSA) is 69.7 Å². The normalized spacial score (nSPS) is 38.2. The van der Waals surface area contributed by atoms with Gasteiger partial charge in [-0.3, -0.25) is 14.4 Å². The van der Waals surface area contributed by atoms with Crippen molar-refractivity contribution in [1.29, 1.82) is 0 Å². The lowest BCUT2D eigenvalue weighted by molar-refractivity contribution is -0.154. The molecule has 1 heterocycles. The second-order valence-corrected chi connectivity index (χ2v) is 5.42. The fraction of sp³-hybridized carbons (Fsp3) is 0.643. The smallest absolute Gasteiger partial charge is 0.318 e. The number of hydrogen-bond donors (Lipinski definition) is 0. The van der Waals surface area contributed by atoms with Crippen molar-refractivity contribution in [2.24, 2.45) is 17.8 Å². The number of Topliss-reactive ketones (excluding diaryl/α,β-unsaturated/α-hetero) is 1. The fourth-order valence-electron chi connectivity index (χ4n) is 3.51. The SMILES string of the molecule is CO[C@@H]1C[C@@H]2C(=CC[C@@H]3C(=O)OC(=O)[C@@H]32)CCC1=O. The molecular weight excluding hydrogens is 248 g/mol. The zero-order valence-electron chi connectivity index (χ0n) is 10.8. The van der Waals surface area contributed by atoms with Gasteiger partial charge in [0.2, 0.25) is 0 Å². The minimum atomic E-state index is -0.474. The average molecular weight is 264 g/mol.